The first-order chi connectivity index (χ1) is 8.19. The van der Waals surface area contributed by atoms with Gasteiger partial charge < -0.3 is 14.5 Å². The number of carbonyl (C=O) groups excluding carboxylic acids is 1. The van der Waals surface area contributed by atoms with Crippen LogP contribution in [0.25, 0.3) is 0 Å². The van der Waals surface area contributed by atoms with Crippen LogP contribution in [0.15, 0.2) is 0 Å². The van der Waals surface area contributed by atoms with Gasteiger partial charge in [0, 0.05) is 31.7 Å². The highest BCUT2D eigenvalue weighted by Gasteiger charge is 2.45. The summed E-state index contributed by atoms with van der Waals surface area (Å²) in [5, 5.41) is 0. The largest absolute Gasteiger partial charge is 0.368 e. The maximum absolute atomic E-state index is 12.3. The van der Waals surface area contributed by atoms with E-state index in [4.69, 9.17) is 4.74 Å². The topological polar surface area (TPSA) is 32.8 Å². The van der Waals surface area contributed by atoms with Crippen LogP contribution in [0.1, 0.15) is 25.7 Å². The summed E-state index contributed by atoms with van der Waals surface area (Å²) < 4.78 is 5.50. The Balaban J connectivity index is 1.61. The molecule has 3 saturated heterocycles. The summed E-state index contributed by atoms with van der Waals surface area (Å²) in [5.41, 5.74) is 0.392. The number of nitrogens with zero attached hydrogens (tertiary/aromatic N) is 2. The maximum atomic E-state index is 12.3. The summed E-state index contributed by atoms with van der Waals surface area (Å²) in [4.78, 5) is 16.7. The molecule has 0 aromatic heterocycles. The second-order valence-corrected chi connectivity index (χ2v) is 6.00. The Labute approximate surface area is 103 Å². The number of likely N-dealkylation sites (tertiary alicyclic amines) is 2. The second kappa shape index (κ2) is 4.25. The fraction of sp³-hybridized carbons (Fsp3) is 0.923. The third-order valence-corrected chi connectivity index (χ3v) is 4.58. The molecule has 2 unspecified atom stereocenters. The number of hydrogen-bond donors (Lipinski definition) is 0. The molecule has 2 atom stereocenters. The molecule has 17 heavy (non-hydrogen) atoms. The Morgan fingerprint density at radius 1 is 1.29 bits per heavy atom. The summed E-state index contributed by atoms with van der Waals surface area (Å²) in [6.07, 6.45) is 4.25. The Bertz CT molecular complexity index is 315. The first-order valence-electron chi connectivity index (χ1n) is 6.78. The normalized spacial score (nSPS) is 38.4. The van der Waals surface area contributed by atoms with Crippen molar-refractivity contribution in [1.29, 1.82) is 0 Å². The summed E-state index contributed by atoms with van der Waals surface area (Å²) >= 11 is 0. The summed E-state index contributed by atoms with van der Waals surface area (Å²) in [7, 11) is 2.18. The molecule has 3 aliphatic heterocycles. The van der Waals surface area contributed by atoms with Gasteiger partial charge >= 0.3 is 0 Å². The molecular formula is C13H22N2O2. The van der Waals surface area contributed by atoms with Gasteiger partial charge in [0.25, 0.3) is 5.91 Å². The van der Waals surface area contributed by atoms with Crippen LogP contribution in [0, 0.1) is 5.41 Å². The Morgan fingerprint density at radius 3 is 2.76 bits per heavy atom. The lowest BCUT2D eigenvalue weighted by Gasteiger charge is -2.25. The molecule has 3 aliphatic rings. The van der Waals surface area contributed by atoms with Crippen LogP contribution in [0.2, 0.25) is 0 Å². The number of amides is 1. The third-order valence-electron chi connectivity index (χ3n) is 4.58. The van der Waals surface area contributed by atoms with Gasteiger partial charge in [0.15, 0.2) is 0 Å². The molecule has 1 spiro atoms. The highest BCUT2D eigenvalue weighted by atomic mass is 16.5. The van der Waals surface area contributed by atoms with Crippen molar-refractivity contribution in [3.8, 4) is 0 Å². The molecule has 0 aromatic rings. The molecule has 4 heteroatoms. The highest BCUT2D eigenvalue weighted by Crippen LogP contribution is 2.39. The molecule has 0 aromatic carbocycles. The summed E-state index contributed by atoms with van der Waals surface area (Å²) in [6.45, 7) is 4.99. The van der Waals surface area contributed by atoms with Crippen molar-refractivity contribution < 1.29 is 9.53 Å². The van der Waals surface area contributed by atoms with Crippen LogP contribution >= 0.6 is 0 Å². The molecule has 3 rings (SSSR count). The molecule has 0 saturated carbocycles. The molecule has 4 nitrogen and oxygen atoms in total. The van der Waals surface area contributed by atoms with Gasteiger partial charge in [0.05, 0.1) is 0 Å². The summed E-state index contributed by atoms with van der Waals surface area (Å²) in [5.74, 6) is 0.244. The highest BCUT2D eigenvalue weighted by molar-refractivity contribution is 5.81. The van der Waals surface area contributed by atoms with Crippen molar-refractivity contribution in [1.82, 2.24) is 9.80 Å². The Morgan fingerprint density at radius 2 is 2.12 bits per heavy atom. The van der Waals surface area contributed by atoms with Gasteiger partial charge in [0.1, 0.15) is 6.10 Å². The van der Waals surface area contributed by atoms with Gasteiger partial charge in [-0.2, -0.15) is 0 Å². The van der Waals surface area contributed by atoms with Crippen molar-refractivity contribution in [2.45, 2.75) is 31.8 Å². The van der Waals surface area contributed by atoms with Crippen LogP contribution < -0.4 is 0 Å². The van der Waals surface area contributed by atoms with Crippen molar-refractivity contribution in [3.05, 3.63) is 0 Å². The van der Waals surface area contributed by atoms with Crippen LogP contribution in [-0.4, -0.2) is 61.6 Å². The molecule has 0 aliphatic carbocycles. The van der Waals surface area contributed by atoms with E-state index in [0.717, 1.165) is 39.1 Å². The molecule has 0 bridgehead atoms. The standard InChI is InChI=1S/C13H22N2O2/c1-14-6-4-13(9-14)5-7-15(10-13)12(16)11-3-2-8-17-11/h11H,2-10H2,1H3. The van der Waals surface area contributed by atoms with Crippen LogP contribution in [-0.2, 0) is 9.53 Å². The minimum atomic E-state index is -0.135. The van der Waals surface area contributed by atoms with E-state index in [1.54, 1.807) is 0 Å². The minimum Gasteiger partial charge on any atom is -0.368 e. The van der Waals surface area contributed by atoms with Gasteiger partial charge in [-0.1, -0.05) is 0 Å². The van der Waals surface area contributed by atoms with Gasteiger partial charge in [-0.15, -0.1) is 0 Å². The smallest absolute Gasteiger partial charge is 0.251 e. The zero-order valence-electron chi connectivity index (χ0n) is 10.7. The molecule has 3 fully saturated rings. The van der Waals surface area contributed by atoms with Gasteiger partial charge in [0.2, 0.25) is 0 Å². The van der Waals surface area contributed by atoms with E-state index in [2.05, 4.69) is 16.8 Å². The fourth-order valence-corrected chi connectivity index (χ4v) is 3.59. The van der Waals surface area contributed by atoms with E-state index in [1.165, 1.54) is 19.4 Å². The molecule has 0 radical (unpaired) electrons. The number of carbonyl (C=O) groups is 1. The monoisotopic (exact) mass is 238 g/mol. The second-order valence-electron chi connectivity index (χ2n) is 6.00. The average molecular weight is 238 g/mol. The van der Waals surface area contributed by atoms with E-state index in [1.807, 2.05) is 0 Å². The lowest BCUT2D eigenvalue weighted by atomic mass is 9.86. The first kappa shape index (κ1) is 11.5. The molecule has 0 N–H and O–H groups in total. The molecular weight excluding hydrogens is 216 g/mol. The van der Waals surface area contributed by atoms with Gasteiger partial charge in [-0.25, -0.2) is 0 Å². The number of ether oxygens (including phenoxy) is 1. The fourth-order valence-electron chi connectivity index (χ4n) is 3.59. The molecule has 96 valence electrons. The van der Waals surface area contributed by atoms with Crippen LogP contribution in [0.5, 0.6) is 0 Å². The predicted molar refractivity (Wildman–Crippen MR) is 64.7 cm³/mol. The molecule has 1 amide bonds. The van der Waals surface area contributed by atoms with E-state index in [-0.39, 0.29) is 12.0 Å². The van der Waals surface area contributed by atoms with Crippen molar-refractivity contribution >= 4 is 5.91 Å². The van der Waals surface area contributed by atoms with E-state index < -0.39 is 0 Å². The van der Waals surface area contributed by atoms with E-state index in [9.17, 15) is 4.79 Å². The van der Waals surface area contributed by atoms with Crippen LogP contribution in [0.3, 0.4) is 0 Å². The lowest BCUT2D eigenvalue weighted by molar-refractivity contribution is -0.140. The van der Waals surface area contributed by atoms with E-state index in [0.29, 0.717) is 5.41 Å². The lowest BCUT2D eigenvalue weighted by Crippen LogP contribution is -2.39. The van der Waals surface area contributed by atoms with Crippen molar-refractivity contribution in [2.24, 2.45) is 5.41 Å². The first-order valence-corrected chi connectivity index (χ1v) is 6.78. The zero-order chi connectivity index (χ0) is 11.9. The number of rotatable bonds is 1. The average Bonchev–Trinajstić information content (AvgIpc) is 3.02. The van der Waals surface area contributed by atoms with Crippen LogP contribution in [0.4, 0.5) is 0 Å². The third kappa shape index (κ3) is 2.08. The van der Waals surface area contributed by atoms with Crippen molar-refractivity contribution in [2.75, 3.05) is 39.8 Å². The van der Waals surface area contributed by atoms with Gasteiger partial charge in [-0.05, 0) is 39.3 Å². The van der Waals surface area contributed by atoms with E-state index >= 15 is 0 Å². The SMILES string of the molecule is CN1CCC2(CCN(C(=O)C3CCCO3)C2)C1. The van der Waals surface area contributed by atoms with Gasteiger partial charge in [-0.3, -0.25) is 4.79 Å². The number of hydrogen-bond acceptors (Lipinski definition) is 3. The Hall–Kier alpha value is -0.610. The quantitative estimate of drug-likeness (QED) is 0.675. The summed E-state index contributed by atoms with van der Waals surface area (Å²) in [6, 6.07) is 0. The zero-order valence-corrected chi connectivity index (χ0v) is 10.7. The molecule has 3 heterocycles. The minimum absolute atomic E-state index is 0.135. The Kier molecular flexibility index (Phi) is 2.87. The predicted octanol–water partition coefficient (Wildman–Crippen LogP) is 0.720. The van der Waals surface area contributed by atoms with Crippen molar-refractivity contribution in [3.63, 3.8) is 0 Å². The maximum Gasteiger partial charge on any atom is 0.251 e.